The molecule has 0 radical (unpaired) electrons. The SMILES string of the molecule is Cc1ccc(COc2ccc(/C=C3\SC(=O)N(CCOc4cccc5ccccc45)C3=O)cc2)cc1. The fraction of sp³-hybridized carbons (Fsp3) is 0.133. The third-order valence-corrected chi connectivity index (χ3v) is 6.81. The van der Waals surface area contributed by atoms with E-state index in [2.05, 4.69) is 19.1 Å². The lowest BCUT2D eigenvalue weighted by molar-refractivity contribution is -0.123. The number of imide groups is 1. The average Bonchev–Trinajstić information content (AvgIpc) is 3.16. The molecule has 5 rings (SSSR count). The van der Waals surface area contributed by atoms with Crippen molar-refractivity contribution in [3.05, 3.63) is 113 Å². The van der Waals surface area contributed by atoms with E-state index < -0.39 is 0 Å². The molecule has 2 amide bonds. The zero-order valence-corrected chi connectivity index (χ0v) is 20.7. The second kappa shape index (κ2) is 10.7. The third kappa shape index (κ3) is 5.44. The van der Waals surface area contributed by atoms with E-state index >= 15 is 0 Å². The van der Waals surface area contributed by atoms with Crippen LogP contribution >= 0.6 is 11.8 Å². The lowest BCUT2D eigenvalue weighted by atomic mass is 10.1. The molecule has 5 nitrogen and oxygen atoms in total. The molecule has 180 valence electrons. The Morgan fingerprint density at radius 1 is 0.833 bits per heavy atom. The zero-order chi connectivity index (χ0) is 24.9. The number of benzene rings is 4. The van der Waals surface area contributed by atoms with Gasteiger partial charge in [0.1, 0.15) is 24.7 Å². The Morgan fingerprint density at radius 3 is 2.39 bits per heavy atom. The number of aryl methyl sites for hydroxylation is 1. The normalized spacial score (nSPS) is 14.6. The van der Waals surface area contributed by atoms with Gasteiger partial charge in [-0.3, -0.25) is 14.5 Å². The molecule has 1 fully saturated rings. The summed E-state index contributed by atoms with van der Waals surface area (Å²) < 4.78 is 11.8. The molecule has 0 bridgehead atoms. The van der Waals surface area contributed by atoms with Crippen LogP contribution in [0.5, 0.6) is 11.5 Å². The summed E-state index contributed by atoms with van der Waals surface area (Å²) in [5.74, 6) is 1.18. The van der Waals surface area contributed by atoms with E-state index in [0.717, 1.165) is 45.2 Å². The van der Waals surface area contributed by atoms with Crippen LogP contribution in [0, 0.1) is 6.92 Å². The summed E-state index contributed by atoms with van der Waals surface area (Å²) in [7, 11) is 0. The predicted molar refractivity (Wildman–Crippen MR) is 144 cm³/mol. The second-order valence-corrected chi connectivity index (χ2v) is 9.50. The summed E-state index contributed by atoms with van der Waals surface area (Å²) in [5.41, 5.74) is 3.14. The molecule has 0 unspecified atom stereocenters. The van der Waals surface area contributed by atoms with Gasteiger partial charge in [-0.25, -0.2) is 0 Å². The van der Waals surface area contributed by atoms with Crippen molar-refractivity contribution >= 4 is 39.8 Å². The van der Waals surface area contributed by atoms with Gasteiger partial charge < -0.3 is 9.47 Å². The standard InChI is InChI=1S/C30H25NO4S/c1-21-9-11-23(12-10-21)20-35-25-15-13-22(14-16-25)19-28-29(32)31(30(33)36-28)17-18-34-27-8-4-6-24-5-2-3-7-26(24)27/h2-16,19H,17-18,20H2,1H3/b28-19-. The number of fused-ring (bicyclic) bond motifs is 1. The van der Waals surface area contributed by atoms with Crippen LogP contribution < -0.4 is 9.47 Å². The van der Waals surface area contributed by atoms with Crippen LogP contribution in [0.15, 0.2) is 95.9 Å². The van der Waals surface area contributed by atoms with Crippen LogP contribution in [0.2, 0.25) is 0 Å². The maximum absolute atomic E-state index is 12.9. The molecule has 0 aromatic heterocycles. The van der Waals surface area contributed by atoms with E-state index in [-0.39, 0.29) is 24.3 Å². The van der Waals surface area contributed by atoms with Crippen LogP contribution in [-0.4, -0.2) is 29.2 Å². The Bertz CT molecular complexity index is 1420. The Kier molecular flexibility index (Phi) is 7.05. The molecule has 0 spiro atoms. The fourth-order valence-electron chi connectivity index (χ4n) is 3.92. The zero-order valence-electron chi connectivity index (χ0n) is 19.8. The Morgan fingerprint density at radius 2 is 1.58 bits per heavy atom. The number of thioether (sulfide) groups is 1. The summed E-state index contributed by atoms with van der Waals surface area (Å²) in [6.07, 6.45) is 1.74. The molecule has 0 saturated carbocycles. The van der Waals surface area contributed by atoms with Crippen LogP contribution in [0.25, 0.3) is 16.8 Å². The van der Waals surface area contributed by atoms with Gasteiger partial charge in [0.2, 0.25) is 0 Å². The van der Waals surface area contributed by atoms with Crippen LogP contribution in [0.1, 0.15) is 16.7 Å². The number of amides is 2. The second-order valence-electron chi connectivity index (χ2n) is 8.50. The van der Waals surface area contributed by atoms with Crippen molar-refractivity contribution in [1.29, 1.82) is 0 Å². The van der Waals surface area contributed by atoms with Gasteiger partial charge in [-0.1, -0.05) is 78.4 Å². The topological polar surface area (TPSA) is 55.8 Å². The number of carbonyl (C=O) groups excluding carboxylic acids is 2. The van der Waals surface area contributed by atoms with Gasteiger partial charge in [0.15, 0.2) is 0 Å². The van der Waals surface area contributed by atoms with E-state index in [1.807, 2.05) is 78.9 Å². The summed E-state index contributed by atoms with van der Waals surface area (Å²) in [6.45, 7) is 2.96. The van der Waals surface area contributed by atoms with Crippen molar-refractivity contribution in [2.24, 2.45) is 0 Å². The first kappa shape index (κ1) is 23.7. The minimum atomic E-state index is -0.300. The van der Waals surface area contributed by atoms with Gasteiger partial charge in [0, 0.05) is 5.39 Å². The van der Waals surface area contributed by atoms with Gasteiger partial charge in [-0.2, -0.15) is 0 Å². The molecular formula is C30H25NO4S. The minimum absolute atomic E-state index is 0.191. The highest BCUT2D eigenvalue weighted by Crippen LogP contribution is 2.32. The largest absolute Gasteiger partial charge is 0.491 e. The molecule has 36 heavy (non-hydrogen) atoms. The first-order valence-electron chi connectivity index (χ1n) is 11.7. The van der Waals surface area contributed by atoms with E-state index in [1.54, 1.807) is 6.08 Å². The van der Waals surface area contributed by atoms with Crippen LogP contribution in [0.4, 0.5) is 4.79 Å². The quantitative estimate of drug-likeness (QED) is 0.251. The Hall–Kier alpha value is -4.03. The lowest BCUT2D eigenvalue weighted by Crippen LogP contribution is -2.32. The highest BCUT2D eigenvalue weighted by Gasteiger charge is 2.34. The molecule has 1 heterocycles. The number of ether oxygens (including phenoxy) is 2. The fourth-order valence-corrected chi connectivity index (χ4v) is 4.79. The smallest absolute Gasteiger partial charge is 0.293 e. The number of carbonyl (C=O) groups is 2. The van der Waals surface area contributed by atoms with Crippen LogP contribution in [0.3, 0.4) is 0 Å². The third-order valence-electron chi connectivity index (χ3n) is 5.90. The van der Waals surface area contributed by atoms with Crippen molar-refractivity contribution in [2.75, 3.05) is 13.2 Å². The van der Waals surface area contributed by atoms with E-state index in [4.69, 9.17) is 9.47 Å². The van der Waals surface area contributed by atoms with Crippen molar-refractivity contribution in [2.45, 2.75) is 13.5 Å². The first-order valence-corrected chi connectivity index (χ1v) is 12.5. The van der Waals surface area contributed by atoms with Gasteiger partial charge in [-0.05, 0) is 59.5 Å². The highest BCUT2D eigenvalue weighted by molar-refractivity contribution is 8.18. The Balaban J connectivity index is 1.17. The molecule has 1 aliphatic rings. The van der Waals surface area contributed by atoms with Crippen molar-refractivity contribution in [1.82, 2.24) is 4.90 Å². The number of rotatable bonds is 8. The van der Waals surface area contributed by atoms with Crippen molar-refractivity contribution < 1.29 is 19.1 Å². The summed E-state index contributed by atoms with van der Waals surface area (Å²) in [4.78, 5) is 27.0. The maximum Gasteiger partial charge on any atom is 0.293 e. The predicted octanol–water partition coefficient (Wildman–Crippen LogP) is 6.84. The van der Waals surface area contributed by atoms with Gasteiger partial charge in [0.25, 0.3) is 11.1 Å². The van der Waals surface area contributed by atoms with E-state index in [9.17, 15) is 9.59 Å². The monoisotopic (exact) mass is 495 g/mol. The molecule has 4 aromatic carbocycles. The van der Waals surface area contributed by atoms with Gasteiger partial charge in [-0.15, -0.1) is 0 Å². The maximum atomic E-state index is 12.9. The Labute approximate surface area is 214 Å². The highest BCUT2D eigenvalue weighted by atomic mass is 32.2. The first-order chi connectivity index (χ1) is 17.6. The lowest BCUT2D eigenvalue weighted by Gasteiger charge is -2.14. The summed E-state index contributed by atoms with van der Waals surface area (Å²) in [5, 5.41) is 1.79. The van der Waals surface area contributed by atoms with Gasteiger partial charge in [0.05, 0.1) is 11.4 Å². The summed E-state index contributed by atoms with van der Waals surface area (Å²) in [6, 6.07) is 29.5. The number of hydrogen-bond donors (Lipinski definition) is 0. The molecule has 0 atom stereocenters. The molecular weight excluding hydrogens is 470 g/mol. The van der Waals surface area contributed by atoms with E-state index in [1.165, 1.54) is 10.5 Å². The number of nitrogens with zero attached hydrogens (tertiary/aromatic N) is 1. The van der Waals surface area contributed by atoms with Crippen molar-refractivity contribution in [3.8, 4) is 11.5 Å². The minimum Gasteiger partial charge on any atom is -0.491 e. The summed E-state index contributed by atoms with van der Waals surface area (Å²) >= 11 is 0.950. The average molecular weight is 496 g/mol. The molecule has 1 saturated heterocycles. The van der Waals surface area contributed by atoms with Crippen molar-refractivity contribution in [3.63, 3.8) is 0 Å². The van der Waals surface area contributed by atoms with Gasteiger partial charge >= 0.3 is 0 Å². The van der Waals surface area contributed by atoms with E-state index in [0.29, 0.717) is 11.5 Å². The molecule has 4 aromatic rings. The molecule has 6 heteroatoms. The molecule has 1 aliphatic heterocycles. The molecule has 0 N–H and O–H groups in total. The molecule has 0 aliphatic carbocycles. The van der Waals surface area contributed by atoms with Crippen LogP contribution in [-0.2, 0) is 11.4 Å². The number of hydrogen-bond acceptors (Lipinski definition) is 5.